The smallest absolute Gasteiger partial charge is 0.389 e. The molecular weight excluding hydrogens is 455 g/mol. The maximum absolute atomic E-state index is 12.1. The lowest BCUT2D eigenvalue weighted by Gasteiger charge is -2.19. The van der Waals surface area contributed by atoms with Crippen molar-refractivity contribution in [2.45, 2.75) is 71.6 Å². The normalized spacial score (nSPS) is 11.3. The summed E-state index contributed by atoms with van der Waals surface area (Å²) in [5.41, 5.74) is 1.76. The van der Waals surface area contributed by atoms with E-state index in [9.17, 15) is 22.8 Å². The molecule has 1 N–H and O–H groups in total. The first-order chi connectivity index (χ1) is 15.3. The fraction of sp³-hybridized carbons (Fsp3) is 0.440. The second-order valence-corrected chi connectivity index (χ2v) is 8.81. The minimum Gasteiger partial charge on any atom is -0.460 e. The molecule has 0 bridgehead atoms. The number of hydrogen-bond acceptors (Lipinski definition) is 3. The number of nitrogens with one attached hydrogen (secondary N) is 1. The minimum absolute atomic E-state index is 0.139. The Kier molecular flexibility index (Phi) is 11.4. The molecule has 0 aliphatic rings. The Bertz CT molecular complexity index is 894. The van der Waals surface area contributed by atoms with Gasteiger partial charge >= 0.3 is 12.1 Å². The predicted molar refractivity (Wildman–Crippen MR) is 125 cm³/mol. The van der Waals surface area contributed by atoms with Gasteiger partial charge in [-0.05, 0) is 56.9 Å². The van der Waals surface area contributed by atoms with Crippen molar-refractivity contribution in [3.63, 3.8) is 0 Å². The van der Waals surface area contributed by atoms with Crippen molar-refractivity contribution in [2.24, 2.45) is 0 Å². The summed E-state index contributed by atoms with van der Waals surface area (Å²) in [6, 6.07) is 15.2. The van der Waals surface area contributed by atoms with Crippen molar-refractivity contribution >= 4 is 29.2 Å². The van der Waals surface area contributed by atoms with Crippen molar-refractivity contribution < 1.29 is 27.5 Å². The molecule has 0 saturated heterocycles. The Morgan fingerprint density at radius 3 is 2.12 bits per heavy atom. The van der Waals surface area contributed by atoms with E-state index in [0.717, 1.165) is 6.42 Å². The van der Waals surface area contributed by atoms with Gasteiger partial charge in [0.25, 0.3) is 0 Å². The molecule has 0 saturated carbocycles. The van der Waals surface area contributed by atoms with Gasteiger partial charge in [-0.3, -0.25) is 9.59 Å². The number of carbonyl (C=O) groups excluding carboxylic acids is 2. The highest BCUT2D eigenvalue weighted by atomic mass is 35.5. The molecule has 2 aromatic carbocycles. The number of ether oxygens (including phenoxy) is 1. The van der Waals surface area contributed by atoms with Gasteiger partial charge in [-0.1, -0.05) is 54.9 Å². The number of carbonyl (C=O) groups is 2. The molecule has 0 radical (unpaired) electrons. The summed E-state index contributed by atoms with van der Waals surface area (Å²) < 4.78 is 41.6. The molecule has 0 aliphatic heterocycles. The van der Waals surface area contributed by atoms with Crippen LogP contribution < -0.4 is 5.32 Å². The number of amides is 1. The van der Waals surface area contributed by atoms with Crippen LogP contribution in [-0.4, -0.2) is 23.7 Å². The van der Waals surface area contributed by atoms with E-state index in [1.807, 2.05) is 6.07 Å². The molecule has 0 aliphatic carbocycles. The van der Waals surface area contributed by atoms with Crippen LogP contribution >= 0.6 is 11.6 Å². The molecule has 33 heavy (non-hydrogen) atoms. The number of halogens is 4. The van der Waals surface area contributed by atoms with Gasteiger partial charge in [-0.2, -0.15) is 13.2 Å². The minimum atomic E-state index is -4.39. The SMILES string of the molecule is CC(C)(C)OC(=O)CCc1ccc(Cl)c(NC(=O)CCC(F)(F)F)c1.CCc1ccccc1. The van der Waals surface area contributed by atoms with Crippen LogP contribution in [0.2, 0.25) is 5.02 Å². The molecule has 2 aromatic rings. The fourth-order valence-electron chi connectivity index (χ4n) is 2.64. The van der Waals surface area contributed by atoms with Crippen LogP contribution in [0.3, 0.4) is 0 Å². The highest BCUT2D eigenvalue weighted by Crippen LogP contribution is 2.26. The number of alkyl halides is 3. The second kappa shape index (κ2) is 13.2. The highest BCUT2D eigenvalue weighted by Gasteiger charge is 2.28. The highest BCUT2D eigenvalue weighted by molar-refractivity contribution is 6.33. The third-order valence-corrected chi connectivity index (χ3v) is 4.56. The molecular formula is C25H31ClF3NO3. The summed E-state index contributed by atoms with van der Waals surface area (Å²) >= 11 is 5.95. The predicted octanol–water partition coefficient (Wildman–Crippen LogP) is 7.14. The van der Waals surface area contributed by atoms with Gasteiger partial charge < -0.3 is 10.1 Å². The Hall–Kier alpha value is -2.54. The number of benzene rings is 2. The summed E-state index contributed by atoms with van der Waals surface area (Å²) in [7, 11) is 0. The fourth-order valence-corrected chi connectivity index (χ4v) is 2.81. The lowest BCUT2D eigenvalue weighted by atomic mass is 10.1. The average Bonchev–Trinajstić information content (AvgIpc) is 2.72. The standard InChI is InChI=1S/C17H21ClF3NO3.C8H10/c1-16(2,3)25-15(24)7-5-11-4-6-12(18)13(10-11)22-14(23)8-9-17(19,20)21;1-2-8-6-4-3-5-7-8/h4,6,10H,5,7-9H2,1-3H3,(H,22,23);3-7H,2H2,1H3. The van der Waals surface area contributed by atoms with Gasteiger partial charge in [0.15, 0.2) is 0 Å². The quantitative estimate of drug-likeness (QED) is 0.424. The molecule has 8 heteroatoms. The topological polar surface area (TPSA) is 55.4 Å². The van der Waals surface area contributed by atoms with E-state index in [0.29, 0.717) is 12.0 Å². The van der Waals surface area contributed by atoms with E-state index in [2.05, 4.69) is 36.5 Å². The largest absolute Gasteiger partial charge is 0.460 e. The van der Waals surface area contributed by atoms with E-state index in [4.69, 9.17) is 16.3 Å². The molecule has 0 spiro atoms. The first-order valence-electron chi connectivity index (χ1n) is 10.7. The average molecular weight is 486 g/mol. The van der Waals surface area contributed by atoms with Crippen LogP contribution in [0.25, 0.3) is 0 Å². The van der Waals surface area contributed by atoms with E-state index >= 15 is 0 Å². The molecule has 0 atom stereocenters. The molecule has 0 fully saturated rings. The summed E-state index contributed by atoms with van der Waals surface area (Å²) in [5, 5.41) is 2.57. The summed E-state index contributed by atoms with van der Waals surface area (Å²) in [6.07, 6.45) is -4.63. The molecule has 1 amide bonds. The molecule has 2 rings (SSSR count). The zero-order chi connectivity index (χ0) is 25.1. The van der Waals surface area contributed by atoms with Gasteiger partial charge in [-0.25, -0.2) is 0 Å². The van der Waals surface area contributed by atoms with Gasteiger partial charge in [-0.15, -0.1) is 0 Å². The van der Waals surface area contributed by atoms with Crippen molar-refractivity contribution in [3.05, 3.63) is 64.7 Å². The number of esters is 1. The molecule has 0 unspecified atom stereocenters. The number of rotatable bonds is 7. The monoisotopic (exact) mass is 485 g/mol. The van der Waals surface area contributed by atoms with E-state index in [1.165, 1.54) is 17.7 Å². The summed E-state index contributed by atoms with van der Waals surface area (Å²) in [4.78, 5) is 23.3. The van der Waals surface area contributed by atoms with Crippen LogP contribution in [0, 0.1) is 0 Å². The zero-order valence-electron chi connectivity index (χ0n) is 19.4. The summed E-state index contributed by atoms with van der Waals surface area (Å²) in [5.74, 6) is -1.14. The maximum Gasteiger partial charge on any atom is 0.389 e. The summed E-state index contributed by atoms with van der Waals surface area (Å²) in [6.45, 7) is 7.46. The number of hydrogen-bond donors (Lipinski definition) is 1. The Balaban J connectivity index is 0.000000568. The van der Waals surface area contributed by atoms with Crippen molar-refractivity contribution in [1.82, 2.24) is 0 Å². The van der Waals surface area contributed by atoms with Gasteiger partial charge in [0.2, 0.25) is 5.91 Å². The third-order valence-electron chi connectivity index (χ3n) is 4.23. The molecule has 0 heterocycles. The lowest BCUT2D eigenvalue weighted by Crippen LogP contribution is -2.24. The maximum atomic E-state index is 12.1. The van der Waals surface area contributed by atoms with Crippen LogP contribution in [0.5, 0.6) is 0 Å². The van der Waals surface area contributed by atoms with Crippen LogP contribution in [-0.2, 0) is 27.2 Å². The van der Waals surface area contributed by atoms with Crippen molar-refractivity contribution in [1.29, 1.82) is 0 Å². The second-order valence-electron chi connectivity index (χ2n) is 8.40. The Morgan fingerprint density at radius 2 is 1.61 bits per heavy atom. The van der Waals surface area contributed by atoms with E-state index in [-0.39, 0.29) is 23.1 Å². The van der Waals surface area contributed by atoms with Gasteiger partial charge in [0, 0.05) is 12.8 Å². The van der Waals surface area contributed by atoms with Gasteiger partial charge in [0.1, 0.15) is 5.60 Å². The number of aryl methyl sites for hydroxylation is 2. The molecule has 4 nitrogen and oxygen atoms in total. The van der Waals surface area contributed by atoms with Crippen molar-refractivity contribution in [3.8, 4) is 0 Å². The lowest BCUT2D eigenvalue weighted by molar-refractivity contribution is -0.154. The van der Waals surface area contributed by atoms with E-state index in [1.54, 1.807) is 26.8 Å². The number of anilines is 1. The zero-order valence-corrected chi connectivity index (χ0v) is 20.1. The van der Waals surface area contributed by atoms with Gasteiger partial charge in [0.05, 0.1) is 17.1 Å². The third kappa shape index (κ3) is 13.6. The van der Waals surface area contributed by atoms with Crippen LogP contribution in [0.15, 0.2) is 48.5 Å². The van der Waals surface area contributed by atoms with Crippen molar-refractivity contribution in [2.75, 3.05) is 5.32 Å². The van der Waals surface area contributed by atoms with Crippen LogP contribution in [0.4, 0.5) is 18.9 Å². The van der Waals surface area contributed by atoms with E-state index < -0.39 is 30.5 Å². The molecule has 182 valence electrons. The Morgan fingerprint density at radius 1 is 0.970 bits per heavy atom. The molecule has 0 aromatic heterocycles. The van der Waals surface area contributed by atoms with Crippen LogP contribution in [0.1, 0.15) is 58.1 Å². The first-order valence-corrected chi connectivity index (χ1v) is 11.1. The first kappa shape index (κ1) is 28.5. The Labute approximate surface area is 198 Å².